The second kappa shape index (κ2) is 6.69. The molecule has 0 unspecified atom stereocenters. The third kappa shape index (κ3) is 3.70. The number of rotatable bonds is 4. The van der Waals surface area contributed by atoms with Crippen molar-refractivity contribution in [3.05, 3.63) is 33.1 Å². The number of carbonyl (C=O) groups excluding carboxylic acids is 1. The SMILES string of the molecule is CC(=O)n1c(=O)ccn([C@@H]2O[C@H](COP(=O)(O)O)[C@@H](O)[C@H]2O)c1=O. The Kier molecular flexibility index (Phi) is 5.20. The molecule has 2 heterocycles. The molecule has 1 fully saturated rings. The number of hydrogen-bond acceptors (Lipinski definition) is 8. The molecule has 13 heteroatoms. The highest BCUT2D eigenvalue weighted by Crippen LogP contribution is 2.38. The van der Waals surface area contributed by atoms with Gasteiger partial charge in [-0.05, 0) is 0 Å². The van der Waals surface area contributed by atoms with E-state index in [2.05, 4.69) is 4.52 Å². The quantitative estimate of drug-likeness (QED) is 0.413. The highest BCUT2D eigenvalue weighted by atomic mass is 31.2. The van der Waals surface area contributed by atoms with Gasteiger partial charge < -0.3 is 24.7 Å². The zero-order valence-corrected chi connectivity index (χ0v) is 13.1. The first kappa shape index (κ1) is 18.7. The molecule has 4 atom stereocenters. The zero-order valence-electron chi connectivity index (χ0n) is 12.3. The van der Waals surface area contributed by atoms with Crippen molar-refractivity contribution >= 4 is 13.7 Å². The lowest BCUT2D eigenvalue weighted by Gasteiger charge is -2.18. The van der Waals surface area contributed by atoms with Crippen LogP contribution in [0.2, 0.25) is 0 Å². The summed E-state index contributed by atoms with van der Waals surface area (Å²) in [5.74, 6) is -0.853. The maximum Gasteiger partial charge on any atom is 0.469 e. The Labute approximate surface area is 133 Å². The topological polar surface area (TPSA) is 178 Å². The predicted octanol–water partition coefficient (Wildman–Crippen LogP) is -2.60. The molecule has 4 N–H and O–H groups in total. The summed E-state index contributed by atoms with van der Waals surface area (Å²) in [6, 6.07) is 0.894. The lowest BCUT2D eigenvalue weighted by Crippen LogP contribution is -2.45. The second-order valence-corrected chi connectivity index (χ2v) is 6.27. The summed E-state index contributed by atoms with van der Waals surface area (Å²) in [7, 11) is -4.82. The average Bonchev–Trinajstić information content (AvgIpc) is 2.72. The molecule has 0 spiro atoms. The van der Waals surface area contributed by atoms with E-state index in [1.807, 2.05) is 0 Å². The highest BCUT2D eigenvalue weighted by Gasteiger charge is 2.45. The minimum Gasteiger partial charge on any atom is -0.387 e. The van der Waals surface area contributed by atoms with E-state index >= 15 is 0 Å². The molecule has 1 aliphatic heterocycles. The van der Waals surface area contributed by atoms with E-state index in [-0.39, 0.29) is 0 Å². The van der Waals surface area contributed by atoms with Crippen molar-refractivity contribution in [2.24, 2.45) is 0 Å². The Morgan fingerprint density at radius 1 is 1.33 bits per heavy atom. The second-order valence-electron chi connectivity index (χ2n) is 5.03. The van der Waals surface area contributed by atoms with Gasteiger partial charge in [-0.3, -0.25) is 18.7 Å². The summed E-state index contributed by atoms with van der Waals surface area (Å²) < 4.78 is 21.1. The summed E-state index contributed by atoms with van der Waals surface area (Å²) in [6.45, 7) is 0.241. The number of aliphatic hydroxyl groups excluding tert-OH is 2. The summed E-state index contributed by atoms with van der Waals surface area (Å²) >= 11 is 0. The number of phosphoric ester groups is 1. The van der Waals surface area contributed by atoms with Gasteiger partial charge in [0.25, 0.3) is 5.56 Å². The highest BCUT2D eigenvalue weighted by molar-refractivity contribution is 7.46. The van der Waals surface area contributed by atoms with E-state index in [1.54, 1.807) is 0 Å². The van der Waals surface area contributed by atoms with Gasteiger partial charge in [0.15, 0.2) is 6.23 Å². The van der Waals surface area contributed by atoms with Gasteiger partial charge in [0.2, 0.25) is 5.91 Å². The van der Waals surface area contributed by atoms with Crippen molar-refractivity contribution in [1.82, 2.24) is 9.13 Å². The van der Waals surface area contributed by atoms with E-state index in [0.29, 0.717) is 9.13 Å². The minimum atomic E-state index is -4.82. The van der Waals surface area contributed by atoms with Crippen LogP contribution in [0.1, 0.15) is 17.9 Å². The van der Waals surface area contributed by atoms with Crippen molar-refractivity contribution in [2.75, 3.05) is 6.61 Å². The first-order valence-electron chi connectivity index (χ1n) is 6.60. The Balaban J connectivity index is 2.32. The number of aromatic nitrogens is 2. The maximum atomic E-state index is 12.2. The lowest BCUT2D eigenvalue weighted by molar-refractivity contribution is -0.0547. The number of nitrogens with zero attached hydrogens (tertiary/aromatic N) is 2. The van der Waals surface area contributed by atoms with Crippen LogP contribution >= 0.6 is 7.82 Å². The summed E-state index contributed by atoms with van der Waals surface area (Å²) in [6.07, 6.45) is -5.14. The van der Waals surface area contributed by atoms with Crippen molar-refractivity contribution < 1.29 is 38.6 Å². The largest absolute Gasteiger partial charge is 0.469 e. The molecular formula is C11H15N2O10P. The van der Waals surface area contributed by atoms with Crippen molar-refractivity contribution in [3.63, 3.8) is 0 Å². The molecule has 0 aromatic carbocycles. The fourth-order valence-corrected chi connectivity index (χ4v) is 2.58. The van der Waals surface area contributed by atoms with Gasteiger partial charge >= 0.3 is 13.5 Å². The number of ether oxygens (including phenoxy) is 1. The van der Waals surface area contributed by atoms with Crippen molar-refractivity contribution in [2.45, 2.75) is 31.5 Å². The molecule has 1 saturated heterocycles. The number of carbonyl (C=O) groups is 1. The third-order valence-electron chi connectivity index (χ3n) is 3.34. The van der Waals surface area contributed by atoms with Gasteiger partial charge in [0.05, 0.1) is 6.61 Å². The van der Waals surface area contributed by atoms with Crippen LogP contribution in [0.5, 0.6) is 0 Å². The maximum absolute atomic E-state index is 12.2. The normalized spacial score (nSPS) is 27.4. The molecule has 0 amide bonds. The van der Waals surface area contributed by atoms with Crippen LogP contribution in [0.15, 0.2) is 21.9 Å². The number of hydrogen-bond donors (Lipinski definition) is 4. The fourth-order valence-electron chi connectivity index (χ4n) is 2.24. The summed E-state index contributed by atoms with van der Waals surface area (Å²) in [5.41, 5.74) is -1.97. The monoisotopic (exact) mass is 366 g/mol. The van der Waals surface area contributed by atoms with E-state index in [9.17, 15) is 29.2 Å². The van der Waals surface area contributed by atoms with Crippen LogP contribution in [0.4, 0.5) is 0 Å². The average molecular weight is 366 g/mol. The standard InChI is InChI=1S/C11H15N2O10P/c1-5(14)13-7(15)2-3-12(11(13)18)10-9(17)8(16)6(23-10)4-22-24(19,20)21/h2-3,6,8-10,16-17H,4H2,1H3,(H2,19,20,21)/t6-,8-,9-,10-/m1/s1. The number of aliphatic hydroxyl groups is 2. The van der Waals surface area contributed by atoms with E-state index in [4.69, 9.17) is 14.5 Å². The Morgan fingerprint density at radius 2 is 1.96 bits per heavy atom. The lowest BCUT2D eigenvalue weighted by atomic mass is 10.1. The van der Waals surface area contributed by atoms with E-state index < -0.39 is 56.1 Å². The fraction of sp³-hybridized carbons (Fsp3) is 0.545. The van der Waals surface area contributed by atoms with Gasteiger partial charge in [-0.1, -0.05) is 0 Å². The van der Waals surface area contributed by atoms with Gasteiger partial charge in [0.1, 0.15) is 18.3 Å². The van der Waals surface area contributed by atoms with E-state index in [1.165, 1.54) is 0 Å². The molecule has 0 radical (unpaired) electrons. The summed E-state index contributed by atoms with van der Waals surface area (Å²) in [4.78, 5) is 52.4. The van der Waals surface area contributed by atoms with Crippen LogP contribution in [-0.2, 0) is 13.8 Å². The molecule has 0 saturated carbocycles. The van der Waals surface area contributed by atoms with Gasteiger partial charge in [-0.25, -0.2) is 9.36 Å². The zero-order chi connectivity index (χ0) is 18.2. The van der Waals surface area contributed by atoms with Crippen LogP contribution in [-0.4, -0.2) is 60.0 Å². The molecule has 1 aromatic heterocycles. The molecule has 12 nitrogen and oxygen atoms in total. The van der Waals surface area contributed by atoms with Crippen LogP contribution in [0, 0.1) is 0 Å². The Bertz CT molecular complexity index is 795. The molecule has 24 heavy (non-hydrogen) atoms. The number of phosphoric acid groups is 1. The Morgan fingerprint density at radius 3 is 2.50 bits per heavy atom. The molecule has 0 aliphatic carbocycles. The van der Waals surface area contributed by atoms with Gasteiger partial charge in [-0.2, -0.15) is 4.57 Å². The molecule has 1 aromatic rings. The van der Waals surface area contributed by atoms with Crippen LogP contribution in [0.3, 0.4) is 0 Å². The minimum absolute atomic E-state index is 0.307. The first-order valence-corrected chi connectivity index (χ1v) is 8.13. The summed E-state index contributed by atoms with van der Waals surface area (Å²) in [5, 5.41) is 19.8. The molecule has 2 rings (SSSR count). The molecule has 134 valence electrons. The predicted molar refractivity (Wildman–Crippen MR) is 75.2 cm³/mol. The van der Waals surface area contributed by atoms with Crippen LogP contribution in [0.25, 0.3) is 0 Å². The van der Waals surface area contributed by atoms with Crippen LogP contribution < -0.4 is 11.2 Å². The first-order chi connectivity index (χ1) is 11.0. The smallest absolute Gasteiger partial charge is 0.387 e. The van der Waals surface area contributed by atoms with Gasteiger partial charge in [0, 0.05) is 19.2 Å². The van der Waals surface area contributed by atoms with E-state index in [0.717, 1.165) is 19.2 Å². The molecular weight excluding hydrogens is 351 g/mol. The third-order valence-corrected chi connectivity index (χ3v) is 3.83. The molecule has 1 aliphatic rings. The van der Waals surface area contributed by atoms with Crippen molar-refractivity contribution in [1.29, 1.82) is 0 Å². The van der Waals surface area contributed by atoms with Crippen molar-refractivity contribution in [3.8, 4) is 0 Å². The molecule has 0 bridgehead atoms. The Hall–Kier alpha value is -1.66. The van der Waals surface area contributed by atoms with Gasteiger partial charge in [-0.15, -0.1) is 0 Å².